The van der Waals surface area contributed by atoms with Gasteiger partial charge in [-0.2, -0.15) is 16.8 Å². The molecule has 0 amide bonds. The minimum absolute atomic E-state index is 0.192. The first-order valence-electron chi connectivity index (χ1n) is 5.82. The van der Waals surface area contributed by atoms with Crippen LogP contribution in [0.15, 0.2) is 0 Å². The second kappa shape index (κ2) is 8.39. The molecule has 0 aromatic rings. The smallest absolute Gasteiger partial charge is 0.359 e. The van der Waals surface area contributed by atoms with Gasteiger partial charge in [0.25, 0.3) is 0 Å². The Morgan fingerprint density at radius 3 is 1.58 bits per heavy atom. The van der Waals surface area contributed by atoms with Gasteiger partial charge < -0.3 is 5.53 Å². The summed E-state index contributed by atoms with van der Waals surface area (Å²) in [6, 6.07) is 0. The molecule has 0 N–H and O–H groups in total. The molecule has 0 aliphatic rings. The molecule has 0 atom stereocenters. The highest BCUT2D eigenvalue weighted by atomic mass is 32.3. The lowest BCUT2D eigenvalue weighted by molar-refractivity contribution is 0.00181. The van der Waals surface area contributed by atoms with E-state index < -0.39 is 24.6 Å². The third-order valence-electron chi connectivity index (χ3n) is 1.98. The summed E-state index contributed by atoms with van der Waals surface area (Å²) in [6.07, 6.45) is 2.19. The Bertz CT molecular complexity index is 477. The van der Waals surface area contributed by atoms with Gasteiger partial charge in [-0.25, -0.2) is 0 Å². The zero-order valence-corrected chi connectivity index (χ0v) is 12.5. The highest BCUT2D eigenvalue weighted by Gasteiger charge is 2.44. The summed E-state index contributed by atoms with van der Waals surface area (Å²) in [7, 11) is -9.30. The Balaban J connectivity index is 4.96. The first-order chi connectivity index (χ1) is 8.81. The van der Waals surface area contributed by atoms with E-state index in [1.54, 1.807) is 0 Å². The molecule has 0 bridgehead atoms. The summed E-state index contributed by atoms with van der Waals surface area (Å²) in [5.74, 6) is 0. The number of hydrogen-bond donors (Lipinski definition) is 0. The molecule has 0 fully saturated rings. The lowest BCUT2D eigenvalue weighted by atomic mass is 10.4. The molecule has 0 spiro atoms. The molecule has 8 nitrogen and oxygen atoms in total. The van der Waals surface area contributed by atoms with Crippen molar-refractivity contribution in [3.63, 3.8) is 0 Å². The molecular formula is C9H18N2O6S2. The van der Waals surface area contributed by atoms with Crippen LogP contribution in [0.5, 0.6) is 0 Å². The summed E-state index contributed by atoms with van der Waals surface area (Å²) in [4.78, 5) is 2.28. The van der Waals surface area contributed by atoms with Gasteiger partial charge >= 0.3 is 24.6 Å². The highest BCUT2D eigenvalue weighted by Crippen LogP contribution is 2.07. The zero-order chi connectivity index (χ0) is 14.9. The Morgan fingerprint density at radius 2 is 1.32 bits per heavy atom. The van der Waals surface area contributed by atoms with Gasteiger partial charge in [-0.3, -0.25) is 8.37 Å². The van der Waals surface area contributed by atoms with Crippen molar-refractivity contribution in [3.05, 3.63) is 5.53 Å². The summed E-state index contributed by atoms with van der Waals surface area (Å²) in [6.45, 7) is 3.23. The second-order valence-electron chi connectivity index (χ2n) is 3.63. The van der Waals surface area contributed by atoms with E-state index in [2.05, 4.69) is 13.2 Å². The largest absolute Gasteiger partial charge is 0.546 e. The van der Waals surface area contributed by atoms with Crippen molar-refractivity contribution in [2.24, 2.45) is 0 Å². The van der Waals surface area contributed by atoms with Gasteiger partial charge in [0.1, 0.15) is 0 Å². The van der Waals surface area contributed by atoms with Crippen LogP contribution >= 0.6 is 0 Å². The van der Waals surface area contributed by atoms with E-state index in [0.29, 0.717) is 25.7 Å². The molecule has 0 aromatic heterocycles. The van der Waals surface area contributed by atoms with Crippen molar-refractivity contribution in [2.45, 2.75) is 39.5 Å². The van der Waals surface area contributed by atoms with Crippen molar-refractivity contribution in [3.8, 4) is 0 Å². The van der Waals surface area contributed by atoms with Crippen LogP contribution in [0, 0.1) is 0 Å². The van der Waals surface area contributed by atoms with Gasteiger partial charge in [-0.1, -0.05) is 26.7 Å². The number of rotatable bonds is 8. The third kappa shape index (κ3) is 6.26. The maximum absolute atomic E-state index is 11.5. The highest BCUT2D eigenvalue weighted by molar-refractivity contribution is 8.27. The van der Waals surface area contributed by atoms with E-state index in [1.165, 1.54) is 0 Å². The van der Waals surface area contributed by atoms with Gasteiger partial charge in [0.05, 0.1) is 13.2 Å². The predicted molar refractivity (Wildman–Crippen MR) is 68.2 cm³/mol. The summed E-state index contributed by atoms with van der Waals surface area (Å²) in [5.41, 5.74) is 8.58. The first kappa shape index (κ1) is 18.2. The topological polar surface area (TPSA) is 123 Å². The lowest BCUT2D eigenvalue weighted by Crippen LogP contribution is -2.29. The van der Waals surface area contributed by atoms with Crippen molar-refractivity contribution < 1.29 is 30.0 Å². The van der Waals surface area contributed by atoms with E-state index in [1.807, 2.05) is 13.8 Å². The van der Waals surface area contributed by atoms with Gasteiger partial charge in [0.15, 0.2) is 0 Å². The van der Waals surface area contributed by atoms with E-state index >= 15 is 0 Å². The van der Waals surface area contributed by atoms with Gasteiger partial charge in [0.2, 0.25) is 0 Å². The van der Waals surface area contributed by atoms with E-state index in [0.717, 1.165) is 0 Å². The maximum Gasteiger partial charge on any atom is 0.546 e. The van der Waals surface area contributed by atoms with E-state index in [-0.39, 0.29) is 13.2 Å². The van der Waals surface area contributed by atoms with Crippen molar-refractivity contribution in [1.82, 2.24) is 0 Å². The van der Waals surface area contributed by atoms with Crippen LogP contribution in [0.25, 0.3) is 5.53 Å². The van der Waals surface area contributed by atoms with Crippen molar-refractivity contribution in [2.75, 3.05) is 13.2 Å². The molecule has 0 heterocycles. The molecule has 0 rings (SSSR count). The van der Waals surface area contributed by atoms with Gasteiger partial charge in [-0.05, 0) is 12.8 Å². The lowest BCUT2D eigenvalue weighted by Gasteiger charge is -2.02. The molecule has 0 saturated carbocycles. The Kier molecular flexibility index (Phi) is 8.03. The minimum Gasteiger partial charge on any atom is -0.359 e. The van der Waals surface area contributed by atoms with E-state index in [4.69, 9.17) is 5.53 Å². The van der Waals surface area contributed by atoms with Crippen LogP contribution in [-0.2, 0) is 28.6 Å². The fourth-order valence-corrected chi connectivity index (χ4v) is 3.32. The standard InChI is InChI=1S/C9H18N2O6S2/c1-3-5-7-16-18(12,13)9(11-10)19(14,15)17-8-6-4-2/h3-8H2,1-2H3. The molecule has 19 heavy (non-hydrogen) atoms. The van der Waals surface area contributed by atoms with Crippen molar-refractivity contribution in [1.29, 1.82) is 0 Å². The molecule has 0 unspecified atom stereocenters. The number of unbranched alkanes of at least 4 members (excludes halogenated alkanes) is 2. The summed E-state index contributed by atoms with van der Waals surface area (Å²) < 4.78 is 53.5. The summed E-state index contributed by atoms with van der Waals surface area (Å²) in [5, 5.41) is 0. The maximum atomic E-state index is 11.5. The molecule has 0 saturated heterocycles. The third-order valence-corrected chi connectivity index (χ3v) is 5.18. The second-order valence-corrected chi connectivity index (χ2v) is 6.94. The minimum atomic E-state index is -4.65. The van der Waals surface area contributed by atoms with Crippen LogP contribution in [-0.4, -0.2) is 39.2 Å². The van der Waals surface area contributed by atoms with Gasteiger partial charge in [0, 0.05) is 0 Å². The molecular weight excluding hydrogens is 296 g/mol. The van der Waals surface area contributed by atoms with Gasteiger partial charge in [-0.15, -0.1) is 4.79 Å². The number of nitrogens with zero attached hydrogens (tertiary/aromatic N) is 2. The monoisotopic (exact) mass is 314 g/mol. The molecule has 0 aliphatic carbocycles. The number of hydrogen-bond acceptors (Lipinski definition) is 6. The Labute approximate surface area is 113 Å². The van der Waals surface area contributed by atoms with Crippen LogP contribution < -0.4 is 0 Å². The molecule has 112 valence electrons. The van der Waals surface area contributed by atoms with Crippen molar-refractivity contribution >= 4 is 24.6 Å². The average Bonchev–Trinajstić information content (AvgIpc) is 2.29. The first-order valence-corrected chi connectivity index (χ1v) is 8.64. The average molecular weight is 314 g/mol. The fraction of sp³-hybridized carbons (Fsp3) is 0.889. The quantitative estimate of drug-likeness (QED) is 0.163. The Morgan fingerprint density at radius 1 is 0.947 bits per heavy atom. The van der Waals surface area contributed by atoms with Crippen LogP contribution in [0.2, 0.25) is 0 Å². The zero-order valence-electron chi connectivity index (χ0n) is 10.9. The molecule has 0 radical (unpaired) electrons. The Hall–Kier alpha value is -0.800. The molecule has 10 heteroatoms. The SMILES string of the molecule is CCCCOS(=O)(=O)C(=[N+]=[N-])S(=O)(=O)OCCCC. The normalized spacial score (nSPS) is 12.1. The van der Waals surface area contributed by atoms with Crippen LogP contribution in [0.4, 0.5) is 0 Å². The predicted octanol–water partition coefficient (Wildman–Crippen LogP) is 0.865. The fourth-order valence-electron chi connectivity index (χ4n) is 0.952. The van der Waals surface area contributed by atoms with Crippen LogP contribution in [0.1, 0.15) is 39.5 Å². The molecule has 0 aliphatic heterocycles. The summed E-state index contributed by atoms with van der Waals surface area (Å²) >= 11 is 0. The van der Waals surface area contributed by atoms with E-state index in [9.17, 15) is 16.8 Å². The molecule has 0 aromatic carbocycles. The van der Waals surface area contributed by atoms with Crippen LogP contribution in [0.3, 0.4) is 0 Å².